The molecule has 52 heavy (non-hydrogen) atoms. The van der Waals surface area contributed by atoms with Gasteiger partial charge in [0.2, 0.25) is 0 Å². The topological polar surface area (TPSA) is 57.4 Å². The van der Waals surface area contributed by atoms with E-state index in [2.05, 4.69) is 131 Å². The molecule has 242 valence electrons. The minimum atomic E-state index is 0.802. The average Bonchev–Trinajstić information content (AvgIpc) is 4.04. The van der Waals surface area contributed by atoms with Gasteiger partial charge in [0.15, 0.2) is 0 Å². The van der Waals surface area contributed by atoms with Gasteiger partial charge in [-0.1, -0.05) is 96.8 Å². The van der Waals surface area contributed by atoms with Crippen LogP contribution < -0.4 is 0 Å². The van der Waals surface area contributed by atoms with Crippen molar-refractivity contribution in [3.63, 3.8) is 0 Å². The normalized spacial score (nSPS) is 11.7. The van der Waals surface area contributed by atoms with Gasteiger partial charge in [-0.3, -0.25) is 0 Å². The number of H-pyrrole nitrogens is 2. The zero-order chi connectivity index (χ0) is 35.0. The summed E-state index contributed by atoms with van der Waals surface area (Å²) >= 11 is 0. The maximum atomic E-state index is 5.89. The summed E-state index contributed by atoms with van der Waals surface area (Å²) in [6.45, 7) is 0. The van der Waals surface area contributed by atoms with Gasteiger partial charge in [-0.15, -0.1) is 12.8 Å². The van der Waals surface area contributed by atoms with Crippen molar-refractivity contribution >= 4 is 46.4 Å². The first-order chi connectivity index (χ1) is 25.7. The fraction of sp³-hybridized carbons (Fsp3) is 0. The third-order valence-corrected chi connectivity index (χ3v) is 9.51. The van der Waals surface area contributed by atoms with Crippen molar-refractivity contribution in [2.45, 2.75) is 0 Å². The van der Waals surface area contributed by atoms with Crippen LogP contribution >= 0.6 is 0 Å². The van der Waals surface area contributed by atoms with Crippen molar-refractivity contribution in [3.8, 4) is 69.2 Å². The third kappa shape index (κ3) is 5.42. The molecule has 0 spiro atoms. The standard InChI is InChI=1S/C48H30N4/c1-3-31-13-11-19-35(29-31)47-41-25-21-37(49-41)45(33-15-7-5-8-16-33)39-23-27-43(51-39)48(36-20-12-14-32(4-2)30-36)44-28-24-40(52-44)46(34-17-9-6-10-18-34)38-22-26-42(47)50-38/h1-2,5-30,49,52H. The lowest BCUT2D eigenvalue weighted by Crippen LogP contribution is -1.90. The molecule has 4 nitrogen and oxygen atoms in total. The Balaban J connectivity index is 1.48. The van der Waals surface area contributed by atoms with Crippen LogP contribution in [0.1, 0.15) is 33.9 Å². The highest BCUT2D eigenvalue weighted by Gasteiger charge is 2.19. The van der Waals surface area contributed by atoms with Crippen molar-refractivity contribution < 1.29 is 0 Å². The molecule has 0 amide bonds. The predicted molar refractivity (Wildman–Crippen MR) is 216 cm³/mol. The smallest absolute Gasteiger partial charge is 0.0737 e. The molecule has 2 aliphatic heterocycles. The lowest BCUT2D eigenvalue weighted by atomic mass is 10.0. The molecule has 0 fully saturated rings. The molecular formula is C48H30N4. The van der Waals surface area contributed by atoms with Crippen LogP contribution in [0.25, 0.3) is 90.9 Å². The lowest BCUT2D eigenvalue weighted by Gasteiger charge is -2.07. The molecule has 0 radical (unpaired) electrons. The van der Waals surface area contributed by atoms with Gasteiger partial charge in [-0.25, -0.2) is 9.97 Å². The second-order valence-corrected chi connectivity index (χ2v) is 12.7. The summed E-state index contributed by atoms with van der Waals surface area (Å²) < 4.78 is 0. The number of benzene rings is 4. The summed E-state index contributed by atoms with van der Waals surface area (Å²) in [5.41, 5.74) is 16.6. The number of aromatic nitrogens is 4. The van der Waals surface area contributed by atoms with Crippen molar-refractivity contribution in [2.75, 3.05) is 0 Å². The van der Waals surface area contributed by atoms with E-state index in [1.54, 1.807) is 0 Å². The number of terminal acetylenes is 2. The molecule has 7 aromatic rings. The van der Waals surface area contributed by atoms with E-state index in [0.717, 1.165) is 100 Å². The van der Waals surface area contributed by atoms with Crippen molar-refractivity contribution in [2.24, 2.45) is 0 Å². The summed E-state index contributed by atoms with van der Waals surface area (Å²) in [6, 6.07) is 45.4. The Kier molecular flexibility index (Phi) is 7.55. The molecule has 8 bridgehead atoms. The zero-order valence-corrected chi connectivity index (χ0v) is 28.1. The summed E-state index contributed by atoms with van der Waals surface area (Å²) in [6.07, 6.45) is 20.2. The first kappa shape index (κ1) is 30.6. The number of rotatable bonds is 4. The van der Waals surface area contributed by atoms with Crippen LogP contribution in [0.2, 0.25) is 0 Å². The Morgan fingerprint density at radius 2 is 0.692 bits per heavy atom. The molecule has 0 saturated carbocycles. The Morgan fingerprint density at radius 1 is 0.365 bits per heavy atom. The van der Waals surface area contributed by atoms with E-state index in [9.17, 15) is 0 Å². The van der Waals surface area contributed by atoms with Gasteiger partial charge >= 0.3 is 0 Å². The second kappa shape index (κ2) is 12.8. The molecule has 2 aliphatic rings. The first-order valence-corrected chi connectivity index (χ1v) is 17.1. The first-order valence-electron chi connectivity index (χ1n) is 17.1. The van der Waals surface area contributed by atoms with Gasteiger partial charge < -0.3 is 9.97 Å². The van der Waals surface area contributed by atoms with Crippen LogP contribution in [-0.4, -0.2) is 19.9 Å². The van der Waals surface area contributed by atoms with E-state index in [4.69, 9.17) is 22.8 Å². The quantitative estimate of drug-likeness (QED) is 0.184. The fourth-order valence-electron chi connectivity index (χ4n) is 7.16. The minimum absolute atomic E-state index is 0.802. The second-order valence-electron chi connectivity index (χ2n) is 12.7. The molecule has 0 unspecified atom stereocenters. The van der Waals surface area contributed by atoms with Crippen molar-refractivity contribution in [3.05, 3.63) is 167 Å². The molecule has 0 saturated heterocycles. The molecule has 4 aromatic carbocycles. The number of hydrogen-bond donors (Lipinski definition) is 2. The highest BCUT2D eigenvalue weighted by Crippen LogP contribution is 2.38. The monoisotopic (exact) mass is 662 g/mol. The van der Waals surface area contributed by atoms with Crippen LogP contribution in [0.3, 0.4) is 0 Å². The summed E-state index contributed by atoms with van der Waals surface area (Å²) in [5, 5.41) is 0. The number of nitrogens with one attached hydrogen (secondary N) is 2. The van der Waals surface area contributed by atoms with E-state index in [0.29, 0.717) is 0 Å². The number of nitrogens with zero attached hydrogens (tertiary/aromatic N) is 2. The highest BCUT2D eigenvalue weighted by atomic mass is 14.8. The fourth-order valence-corrected chi connectivity index (χ4v) is 7.16. The largest absolute Gasteiger partial charge is 0.354 e. The molecule has 2 N–H and O–H groups in total. The van der Waals surface area contributed by atoms with Gasteiger partial charge in [0.25, 0.3) is 0 Å². The van der Waals surface area contributed by atoms with Crippen LogP contribution in [0.15, 0.2) is 133 Å². The molecule has 3 aromatic heterocycles. The molecular weight excluding hydrogens is 633 g/mol. The van der Waals surface area contributed by atoms with Gasteiger partial charge in [0.1, 0.15) is 0 Å². The van der Waals surface area contributed by atoms with E-state index in [1.807, 2.05) is 48.5 Å². The lowest BCUT2D eigenvalue weighted by molar-refractivity contribution is 1.31. The van der Waals surface area contributed by atoms with Gasteiger partial charge in [-0.2, -0.15) is 0 Å². The maximum absolute atomic E-state index is 5.89. The third-order valence-electron chi connectivity index (χ3n) is 9.51. The number of aromatic amines is 2. The van der Waals surface area contributed by atoms with E-state index in [1.165, 1.54) is 0 Å². The SMILES string of the molecule is C#Cc1cccc(-c2c3nc(c(-c4ccccc4)c4ccc([nH]4)c(-c4cccc(C#C)c4)c4nc(c(-c5ccccc5)c5ccc2[nH]5)C=C4)C=C3)c1. The predicted octanol–water partition coefficient (Wildman–Crippen LogP) is 11.3. The average molecular weight is 663 g/mol. The van der Waals surface area contributed by atoms with Gasteiger partial charge in [-0.05, 0) is 95.1 Å². The Bertz CT molecular complexity index is 2660. The Morgan fingerprint density at radius 3 is 1.04 bits per heavy atom. The molecule has 4 heteroatoms. The summed E-state index contributed by atoms with van der Waals surface area (Å²) in [5.74, 6) is 5.62. The van der Waals surface area contributed by atoms with Crippen LogP contribution in [-0.2, 0) is 0 Å². The van der Waals surface area contributed by atoms with E-state index < -0.39 is 0 Å². The van der Waals surface area contributed by atoms with Crippen LogP contribution in [0.4, 0.5) is 0 Å². The summed E-state index contributed by atoms with van der Waals surface area (Å²) in [4.78, 5) is 18.3. The van der Waals surface area contributed by atoms with Gasteiger partial charge in [0, 0.05) is 55.4 Å². The maximum Gasteiger partial charge on any atom is 0.0737 e. The number of fused-ring (bicyclic) bond motifs is 8. The molecule has 0 atom stereocenters. The summed E-state index contributed by atoms with van der Waals surface area (Å²) in [7, 11) is 0. The molecule has 9 rings (SSSR count). The number of hydrogen-bond acceptors (Lipinski definition) is 2. The Hall–Kier alpha value is -7.40. The van der Waals surface area contributed by atoms with E-state index >= 15 is 0 Å². The van der Waals surface area contributed by atoms with Crippen molar-refractivity contribution in [1.29, 1.82) is 0 Å². The van der Waals surface area contributed by atoms with E-state index in [-0.39, 0.29) is 0 Å². The van der Waals surface area contributed by atoms with Crippen molar-refractivity contribution in [1.82, 2.24) is 19.9 Å². The zero-order valence-electron chi connectivity index (χ0n) is 28.1. The molecule has 5 heterocycles. The molecule has 0 aliphatic carbocycles. The Labute approximate surface area is 301 Å². The van der Waals surface area contributed by atoms with Crippen LogP contribution in [0.5, 0.6) is 0 Å². The highest BCUT2D eigenvalue weighted by molar-refractivity contribution is 6.00. The minimum Gasteiger partial charge on any atom is -0.354 e. The van der Waals surface area contributed by atoms with Gasteiger partial charge in [0.05, 0.1) is 22.8 Å². The van der Waals surface area contributed by atoms with Crippen LogP contribution in [0, 0.1) is 24.7 Å².